The first-order valence-electron chi connectivity index (χ1n) is 6.03. The Labute approximate surface area is 119 Å². The second-order valence-corrected chi connectivity index (χ2v) is 5.53. The number of aromatic nitrogens is 1. The van der Waals surface area contributed by atoms with E-state index in [1.165, 1.54) is 0 Å². The quantitative estimate of drug-likeness (QED) is 0.715. The lowest BCUT2D eigenvalue weighted by molar-refractivity contribution is 1.27. The van der Waals surface area contributed by atoms with Crippen LogP contribution in [0.2, 0.25) is 0 Å². The van der Waals surface area contributed by atoms with Gasteiger partial charge in [-0.2, -0.15) is 0 Å². The third kappa shape index (κ3) is 2.34. The molecule has 0 bridgehead atoms. The molecule has 0 aliphatic rings. The molecule has 0 aliphatic carbocycles. The van der Waals surface area contributed by atoms with Crippen molar-refractivity contribution in [1.82, 2.24) is 4.98 Å². The second kappa shape index (κ2) is 4.67. The predicted octanol–water partition coefficient (Wildman–Crippen LogP) is 4.27. The van der Waals surface area contributed by atoms with Crippen molar-refractivity contribution >= 4 is 26.7 Å². The molecule has 19 heavy (non-hydrogen) atoms. The summed E-state index contributed by atoms with van der Waals surface area (Å²) >= 11 is 3.41. The molecule has 0 fully saturated rings. The summed E-state index contributed by atoms with van der Waals surface area (Å²) in [6.45, 7) is 1.99. The third-order valence-corrected chi connectivity index (χ3v) is 3.69. The van der Waals surface area contributed by atoms with Gasteiger partial charge in [0.1, 0.15) is 0 Å². The van der Waals surface area contributed by atoms with Crippen molar-refractivity contribution in [3.05, 3.63) is 68.9 Å². The molecule has 0 aliphatic heterocycles. The molecule has 2 aromatic carbocycles. The molecule has 94 valence electrons. The monoisotopic (exact) mass is 313 g/mol. The number of H-pyrrole nitrogens is 1. The SMILES string of the molecule is Cc1ccc2cc(-c3ccc(Br)cc3)[nH]c(=O)c2c1. The maximum Gasteiger partial charge on any atom is 0.256 e. The lowest BCUT2D eigenvalue weighted by Crippen LogP contribution is -2.07. The topological polar surface area (TPSA) is 32.9 Å². The van der Waals surface area contributed by atoms with E-state index in [2.05, 4.69) is 20.9 Å². The normalized spacial score (nSPS) is 10.8. The van der Waals surface area contributed by atoms with Gasteiger partial charge in [0.15, 0.2) is 0 Å². The zero-order valence-corrected chi connectivity index (χ0v) is 12.0. The van der Waals surface area contributed by atoms with Crippen molar-refractivity contribution in [2.75, 3.05) is 0 Å². The molecule has 2 nitrogen and oxygen atoms in total. The lowest BCUT2D eigenvalue weighted by atomic mass is 10.1. The van der Waals surface area contributed by atoms with Crippen molar-refractivity contribution in [2.45, 2.75) is 6.92 Å². The first-order chi connectivity index (χ1) is 9.13. The summed E-state index contributed by atoms with van der Waals surface area (Å²) in [5, 5.41) is 1.70. The van der Waals surface area contributed by atoms with Crippen molar-refractivity contribution in [3.63, 3.8) is 0 Å². The summed E-state index contributed by atoms with van der Waals surface area (Å²) < 4.78 is 1.02. The number of rotatable bonds is 1. The minimum Gasteiger partial charge on any atom is -0.321 e. The van der Waals surface area contributed by atoms with E-state index in [0.717, 1.165) is 32.1 Å². The van der Waals surface area contributed by atoms with Crippen molar-refractivity contribution in [2.24, 2.45) is 0 Å². The number of aromatic amines is 1. The van der Waals surface area contributed by atoms with Crippen LogP contribution < -0.4 is 5.56 Å². The van der Waals surface area contributed by atoms with Gasteiger partial charge in [0, 0.05) is 15.6 Å². The van der Waals surface area contributed by atoms with Crippen LogP contribution >= 0.6 is 15.9 Å². The molecule has 0 atom stereocenters. The predicted molar refractivity (Wildman–Crippen MR) is 82.4 cm³/mol. The molecule has 0 radical (unpaired) electrons. The van der Waals surface area contributed by atoms with Crippen molar-refractivity contribution in [1.29, 1.82) is 0 Å². The van der Waals surface area contributed by atoms with E-state index in [1.807, 2.05) is 55.5 Å². The summed E-state index contributed by atoms with van der Waals surface area (Å²) in [4.78, 5) is 15.1. The van der Waals surface area contributed by atoms with Gasteiger partial charge in [-0.1, -0.05) is 45.8 Å². The fourth-order valence-electron chi connectivity index (χ4n) is 2.16. The van der Waals surface area contributed by atoms with Gasteiger partial charge in [-0.05, 0) is 42.1 Å². The van der Waals surface area contributed by atoms with Gasteiger partial charge in [-0.25, -0.2) is 0 Å². The summed E-state index contributed by atoms with van der Waals surface area (Å²) in [6.07, 6.45) is 0. The fraction of sp³-hybridized carbons (Fsp3) is 0.0625. The van der Waals surface area contributed by atoms with Crippen LogP contribution in [-0.4, -0.2) is 4.98 Å². The van der Waals surface area contributed by atoms with E-state index in [-0.39, 0.29) is 5.56 Å². The minimum absolute atomic E-state index is 0.0425. The smallest absolute Gasteiger partial charge is 0.256 e. The Morgan fingerprint density at radius 3 is 2.47 bits per heavy atom. The van der Waals surface area contributed by atoms with Gasteiger partial charge in [0.2, 0.25) is 0 Å². The maximum absolute atomic E-state index is 12.1. The van der Waals surface area contributed by atoms with Gasteiger partial charge in [-0.3, -0.25) is 4.79 Å². The van der Waals surface area contributed by atoms with Crippen LogP contribution in [0.5, 0.6) is 0 Å². The molecule has 3 aromatic rings. The Balaban J connectivity index is 2.24. The third-order valence-electron chi connectivity index (χ3n) is 3.16. The number of hydrogen-bond acceptors (Lipinski definition) is 1. The first-order valence-corrected chi connectivity index (χ1v) is 6.82. The number of pyridine rings is 1. The number of aryl methyl sites for hydroxylation is 1. The molecule has 1 N–H and O–H groups in total. The van der Waals surface area contributed by atoms with Gasteiger partial charge in [0.05, 0.1) is 0 Å². The van der Waals surface area contributed by atoms with Crippen LogP contribution in [0.1, 0.15) is 5.56 Å². The first kappa shape index (κ1) is 12.2. The molecule has 0 spiro atoms. The molecule has 0 unspecified atom stereocenters. The van der Waals surface area contributed by atoms with E-state index >= 15 is 0 Å². The number of benzene rings is 2. The van der Waals surface area contributed by atoms with Crippen LogP contribution in [0.3, 0.4) is 0 Å². The highest BCUT2D eigenvalue weighted by atomic mass is 79.9. The molecule has 1 aromatic heterocycles. The zero-order valence-electron chi connectivity index (χ0n) is 10.4. The Hall–Kier alpha value is -1.87. The summed E-state index contributed by atoms with van der Waals surface area (Å²) in [5.41, 5.74) is 2.89. The number of fused-ring (bicyclic) bond motifs is 1. The van der Waals surface area contributed by atoms with Crippen LogP contribution in [0.15, 0.2) is 57.8 Å². The van der Waals surface area contributed by atoms with Gasteiger partial charge in [0.25, 0.3) is 5.56 Å². The highest BCUT2D eigenvalue weighted by Gasteiger charge is 2.04. The summed E-state index contributed by atoms with van der Waals surface area (Å²) in [7, 11) is 0. The molecule has 3 heteroatoms. The Morgan fingerprint density at radius 1 is 1.00 bits per heavy atom. The lowest BCUT2D eigenvalue weighted by Gasteiger charge is -2.05. The maximum atomic E-state index is 12.1. The van der Waals surface area contributed by atoms with E-state index in [1.54, 1.807) is 0 Å². The van der Waals surface area contributed by atoms with Crippen LogP contribution in [0.25, 0.3) is 22.0 Å². The molecular weight excluding hydrogens is 302 g/mol. The fourth-order valence-corrected chi connectivity index (χ4v) is 2.42. The highest BCUT2D eigenvalue weighted by molar-refractivity contribution is 9.10. The van der Waals surface area contributed by atoms with Gasteiger partial charge < -0.3 is 4.98 Å². The number of hydrogen-bond donors (Lipinski definition) is 1. The van der Waals surface area contributed by atoms with E-state index < -0.39 is 0 Å². The van der Waals surface area contributed by atoms with E-state index in [4.69, 9.17) is 0 Å². The average molecular weight is 314 g/mol. The largest absolute Gasteiger partial charge is 0.321 e. The van der Waals surface area contributed by atoms with Crippen LogP contribution in [0, 0.1) is 6.92 Å². The molecule has 0 saturated heterocycles. The van der Waals surface area contributed by atoms with Crippen LogP contribution in [0.4, 0.5) is 0 Å². The summed E-state index contributed by atoms with van der Waals surface area (Å²) in [6, 6.07) is 15.8. The van der Waals surface area contributed by atoms with Gasteiger partial charge in [-0.15, -0.1) is 0 Å². The van der Waals surface area contributed by atoms with E-state index in [9.17, 15) is 4.79 Å². The molecule has 0 amide bonds. The standard InChI is InChI=1S/C16H12BrNO/c1-10-2-3-12-9-15(18-16(19)14(12)8-10)11-4-6-13(17)7-5-11/h2-9H,1H3,(H,18,19). The molecule has 3 rings (SSSR count). The Morgan fingerprint density at radius 2 is 1.74 bits per heavy atom. The van der Waals surface area contributed by atoms with Crippen molar-refractivity contribution in [3.8, 4) is 11.3 Å². The Bertz CT molecular complexity index is 803. The zero-order chi connectivity index (χ0) is 13.4. The average Bonchev–Trinajstić information content (AvgIpc) is 2.40. The molecule has 1 heterocycles. The van der Waals surface area contributed by atoms with Crippen molar-refractivity contribution < 1.29 is 0 Å². The molecular formula is C16H12BrNO. The number of nitrogens with one attached hydrogen (secondary N) is 1. The minimum atomic E-state index is -0.0425. The van der Waals surface area contributed by atoms with Gasteiger partial charge >= 0.3 is 0 Å². The summed E-state index contributed by atoms with van der Waals surface area (Å²) in [5.74, 6) is 0. The Kier molecular flexibility index (Phi) is 2.99. The highest BCUT2D eigenvalue weighted by Crippen LogP contribution is 2.22. The second-order valence-electron chi connectivity index (χ2n) is 4.61. The molecule has 0 saturated carbocycles. The van der Waals surface area contributed by atoms with E-state index in [0.29, 0.717) is 0 Å². The van der Waals surface area contributed by atoms with Crippen LogP contribution in [-0.2, 0) is 0 Å². The number of halogens is 1.